The van der Waals surface area contributed by atoms with Crippen LogP contribution in [0.15, 0.2) is 53.7 Å². The lowest BCUT2D eigenvalue weighted by Gasteiger charge is -2.18. The molecule has 0 aliphatic rings. The predicted molar refractivity (Wildman–Crippen MR) is 117 cm³/mol. The standard InChI is InChI=1S/C20H25FN4O4S2/c1-30-13-9-17(25-31(28,29)18-5-3-2-4-16(18)21)20(27)23-12-8-19(26)24-14-15-6-10-22-11-7-15/h2-7,10-11,17,25H,8-9,12-14H2,1H3,(H,23,27)(H,24,26). The highest BCUT2D eigenvalue weighted by Crippen LogP contribution is 2.15. The lowest BCUT2D eigenvalue weighted by atomic mass is 10.2. The summed E-state index contributed by atoms with van der Waals surface area (Å²) in [6.07, 6.45) is 5.33. The van der Waals surface area contributed by atoms with Gasteiger partial charge in [0.1, 0.15) is 16.8 Å². The van der Waals surface area contributed by atoms with Gasteiger partial charge < -0.3 is 10.6 Å². The van der Waals surface area contributed by atoms with E-state index >= 15 is 0 Å². The van der Waals surface area contributed by atoms with E-state index in [1.165, 1.54) is 23.9 Å². The zero-order valence-corrected chi connectivity index (χ0v) is 18.6. The lowest BCUT2D eigenvalue weighted by Crippen LogP contribution is -2.47. The monoisotopic (exact) mass is 468 g/mol. The maximum absolute atomic E-state index is 13.9. The van der Waals surface area contributed by atoms with Crippen LogP contribution < -0.4 is 15.4 Å². The van der Waals surface area contributed by atoms with Crippen molar-refractivity contribution in [1.29, 1.82) is 0 Å². The molecule has 1 aromatic heterocycles. The number of nitrogens with zero attached hydrogens (tertiary/aromatic N) is 1. The number of halogens is 1. The Kier molecular flexibility index (Phi) is 9.89. The molecule has 8 nitrogen and oxygen atoms in total. The van der Waals surface area contributed by atoms with Gasteiger partial charge in [-0.2, -0.15) is 16.5 Å². The summed E-state index contributed by atoms with van der Waals surface area (Å²) in [5.74, 6) is -1.21. The van der Waals surface area contributed by atoms with Crippen LogP contribution >= 0.6 is 11.8 Å². The minimum Gasteiger partial charge on any atom is -0.354 e. The second-order valence-corrected chi connectivity index (χ2v) is 9.23. The molecule has 2 amide bonds. The van der Waals surface area contributed by atoms with Crippen molar-refractivity contribution >= 4 is 33.6 Å². The Morgan fingerprint density at radius 2 is 1.84 bits per heavy atom. The van der Waals surface area contributed by atoms with Gasteiger partial charge in [0.15, 0.2) is 0 Å². The van der Waals surface area contributed by atoms with E-state index in [4.69, 9.17) is 0 Å². The summed E-state index contributed by atoms with van der Waals surface area (Å²) in [5.41, 5.74) is 0.895. The van der Waals surface area contributed by atoms with E-state index in [0.29, 0.717) is 12.3 Å². The van der Waals surface area contributed by atoms with Crippen molar-refractivity contribution in [2.24, 2.45) is 0 Å². The molecule has 0 saturated carbocycles. The van der Waals surface area contributed by atoms with E-state index in [0.717, 1.165) is 17.7 Å². The molecule has 3 N–H and O–H groups in total. The van der Waals surface area contributed by atoms with Crippen molar-refractivity contribution in [2.45, 2.75) is 30.3 Å². The summed E-state index contributed by atoms with van der Waals surface area (Å²) < 4.78 is 41.2. The predicted octanol–water partition coefficient (Wildman–Crippen LogP) is 1.44. The number of hydrogen-bond donors (Lipinski definition) is 3. The summed E-state index contributed by atoms with van der Waals surface area (Å²) in [6, 6.07) is 7.42. The summed E-state index contributed by atoms with van der Waals surface area (Å²) in [7, 11) is -4.23. The maximum atomic E-state index is 13.9. The molecule has 0 fully saturated rings. The Bertz CT molecular complexity index is 974. The number of pyridine rings is 1. The molecule has 0 radical (unpaired) electrons. The van der Waals surface area contributed by atoms with Gasteiger partial charge in [0, 0.05) is 31.9 Å². The Morgan fingerprint density at radius 1 is 1.13 bits per heavy atom. The van der Waals surface area contributed by atoms with Gasteiger partial charge in [0.05, 0.1) is 0 Å². The van der Waals surface area contributed by atoms with Crippen LogP contribution in [-0.2, 0) is 26.2 Å². The molecule has 2 rings (SSSR count). The van der Waals surface area contributed by atoms with Crippen LogP contribution in [0.5, 0.6) is 0 Å². The third-order valence-electron chi connectivity index (χ3n) is 4.24. The Labute approximate surface area is 185 Å². The largest absolute Gasteiger partial charge is 0.354 e. The zero-order valence-electron chi connectivity index (χ0n) is 17.0. The number of carbonyl (C=O) groups excluding carboxylic acids is 2. The first kappa shape index (κ1) is 24.8. The van der Waals surface area contributed by atoms with Gasteiger partial charge in [0.25, 0.3) is 0 Å². The molecule has 11 heteroatoms. The van der Waals surface area contributed by atoms with Gasteiger partial charge >= 0.3 is 0 Å². The SMILES string of the molecule is CSCCC(NS(=O)(=O)c1ccccc1F)C(=O)NCCC(=O)NCc1ccncc1. The highest BCUT2D eigenvalue weighted by atomic mass is 32.2. The molecule has 31 heavy (non-hydrogen) atoms. The lowest BCUT2D eigenvalue weighted by molar-refractivity contribution is -0.123. The Hall–Kier alpha value is -2.50. The molecule has 0 saturated heterocycles. The molecular formula is C20H25FN4O4S2. The molecule has 168 valence electrons. The van der Waals surface area contributed by atoms with E-state index in [1.807, 2.05) is 6.26 Å². The second-order valence-electron chi connectivity index (χ2n) is 6.56. The molecule has 1 unspecified atom stereocenters. The number of sulfonamides is 1. The minimum atomic E-state index is -4.23. The van der Waals surface area contributed by atoms with Crippen molar-refractivity contribution in [3.63, 3.8) is 0 Å². The van der Waals surface area contributed by atoms with E-state index in [2.05, 4.69) is 20.3 Å². The van der Waals surface area contributed by atoms with Gasteiger partial charge in [-0.15, -0.1) is 0 Å². The van der Waals surface area contributed by atoms with E-state index in [-0.39, 0.29) is 25.3 Å². The molecule has 0 spiro atoms. The average molecular weight is 469 g/mol. The second kappa shape index (κ2) is 12.4. The number of amides is 2. The molecule has 2 aromatic rings. The van der Waals surface area contributed by atoms with Gasteiger partial charge in [0.2, 0.25) is 21.8 Å². The Balaban J connectivity index is 1.89. The van der Waals surface area contributed by atoms with Gasteiger partial charge in [-0.25, -0.2) is 12.8 Å². The fraction of sp³-hybridized carbons (Fsp3) is 0.350. The van der Waals surface area contributed by atoms with E-state index in [1.54, 1.807) is 24.5 Å². The minimum absolute atomic E-state index is 0.0339. The zero-order chi connectivity index (χ0) is 22.7. The normalized spacial score (nSPS) is 12.2. The highest BCUT2D eigenvalue weighted by Gasteiger charge is 2.27. The maximum Gasteiger partial charge on any atom is 0.244 e. The molecule has 0 aliphatic heterocycles. The number of benzene rings is 1. The fourth-order valence-electron chi connectivity index (χ4n) is 2.60. The summed E-state index contributed by atoms with van der Waals surface area (Å²) in [4.78, 5) is 27.9. The van der Waals surface area contributed by atoms with Crippen molar-refractivity contribution < 1.29 is 22.4 Å². The number of carbonyl (C=O) groups is 2. The molecule has 1 atom stereocenters. The van der Waals surface area contributed by atoms with Crippen LogP contribution in [0.3, 0.4) is 0 Å². The van der Waals surface area contributed by atoms with Crippen molar-refractivity contribution in [1.82, 2.24) is 20.3 Å². The highest BCUT2D eigenvalue weighted by molar-refractivity contribution is 7.98. The molecule has 0 bridgehead atoms. The summed E-state index contributed by atoms with van der Waals surface area (Å²) in [6.45, 7) is 0.381. The van der Waals surface area contributed by atoms with Crippen LogP contribution in [0.4, 0.5) is 4.39 Å². The van der Waals surface area contributed by atoms with Crippen molar-refractivity contribution in [3.05, 3.63) is 60.2 Å². The van der Waals surface area contributed by atoms with E-state index < -0.39 is 32.7 Å². The van der Waals surface area contributed by atoms with Gasteiger partial charge in [-0.3, -0.25) is 14.6 Å². The molecule has 0 aliphatic carbocycles. The van der Waals surface area contributed by atoms with Crippen LogP contribution in [0, 0.1) is 5.82 Å². The summed E-state index contributed by atoms with van der Waals surface area (Å²) >= 11 is 1.45. The first-order chi connectivity index (χ1) is 14.8. The third-order valence-corrected chi connectivity index (χ3v) is 6.39. The first-order valence-corrected chi connectivity index (χ1v) is 12.4. The smallest absolute Gasteiger partial charge is 0.244 e. The molecular weight excluding hydrogens is 443 g/mol. The molecule has 1 aromatic carbocycles. The number of rotatable bonds is 12. The van der Waals surface area contributed by atoms with Crippen LogP contribution in [-0.4, -0.2) is 49.8 Å². The van der Waals surface area contributed by atoms with Crippen molar-refractivity contribution in [2.75, 3.05) is 18.6 Å². The topological polar surface area (TPSA) is 117 Å². The Morgan fingerprint density at radius 3 is 2.52 bits per heavy atom. The summed E-state index contributed by atoms with van der Waals surface area (Å²) in [5, 5.41) is 5.30. The quantitative estimate of drug-likeness (QED) is 0.434. The number of nitrogens with one attached hydrogen (secondary N) is 3. The van der Waals surface area contributed by atoms with Crippen LogP contribution in [0.25, 0.3) is 0 Å². The van der Waals surface area contributed by atoms with Gasteiger partial charge in [-0.05, 0) is 48.3 Å². The van der Waals surface area contributed by atoms with E-state index in [9.17, 15) is 22.4 Å². The van der Waals surface area contributed by atoms with Crippen molar-refractivity contribution in [3.8, 4) is 0 Å². The van der Waals surface area contributed by atoms with Crippen LogP contribution in [0.1, 0.15) is 18.4 Å². The third kappa shape index (κ3) is 8.27. The first-order valence-electron chi connectivity index (χ1n) is 9.52. The number of aromatic nitrogens is 1. The average Bonchev–Trinajstić information content (AvgIpc) is 2.76. The fourth-order valence-corrected chi connectivity index (χ4v) is 4.39. The molecule has 1 heterocycles. The number of hydrogen-bond acceptors (Lipinski definition) is 6. The number of thioether (sulfide) groups is 1. The van der Waals surface area contributed by atoms with Crippen LogP contribution in [0.2, 0.25) is 0 Å². The van der Waals surface area contributed by atoms with Gasteiger partial charge in [-0.1, -0.05) is 12.1 Å².